The van der Waals surface area contributed by atoms with Crippen molar-refractivity contribution >= 4 is 35.3 Å². The zero-order valence-corrected chi connectivity index (χ0v) is 24.1. The topological polar surface area (TPSA) is 158 Å². The van der Waals surface area contributed by atoms with Crippen LogP contribution in [0.4, 0.5) is 0 Å². The molecule has 0 radical (unpaired) electrons. The minimum absolute atomic E-state index is 0.153. The predicted octanol–water partition coefficient (Wildman–Crippen LogP) is 3.85. The number of benzene rings is 2. The number of hydrogen-bond donors (Lipinski definition) is 2. The Morgan fingerprint density at radius 3 is 2.28 bits per heavy atom. The molecule has 1 atom stereocenters. The van der Waals surface area contributed by atoms with Crippen molar-refractivity contribution in [3.63, 3.8) is 0 Å². The summed E-state index contributed by atoms with van der Waals surface area (Å²) in [5.41, 5.74) is 0.781. The van der Waals surface area contributed by atoms with Crippen LogP contribution in [0.5, 0.6) is 5.75 Å². The predicted molar refractivity (Wildman–Crippen MR) is 156 cm³/mol. The molecule has 1 aliphatic heterocycles. The van der Waals surface area contributed by atoms with Gasteiger partial charge in [-0.15, -0.1) is 0 Å². The monoisotopic (exact) mass is 602 g/mol. The Kier molecular flexibility index (Phi) is 8.13. The van der Waals surface area contributed by atoms with Gasteiger partial charge in [-0.2, -0.15) is 0 Å². The molecule has 0 amide bonds. The van der Waals surface area contributed by atoms with Gasteiger partial charge in [-0.25, -0.2) is 19.4 Å². The molecule has 0 unspecified atom stereocenters. The first-order valence-electron chi connectivity index (χ1n) is 13.3. The lowest BCUT2D eigenvalue weighted by atomic mass is 9.96. The summed E-state index contributed by atoms with van der Waals surface area (Å²) in [7, 11) is 0. The number of carboxylic acid groups (broad SMARTS) is 2. The Balaban J connectivity index is 1.61. The Morgan fingerprint density at radius 1 is 1.00 bits per heavy atom. The van der Waals surface area contributed by atoms with Crippen LogP contribution >= 0.6 is 11.3 Å². The first kappa shape index (κ1) is 29.3. The van der Waals surface area contributed by atoms with Gasteiger partial charge in [0.1, 0.15) is 17.3 Å². The van der Waals surface area contributed by atoms with Gasteiger partial charge in [0.15, 0.2) is 4.80 Å². The number of fused-ring (bicyclic) bond motifs is 1. The van der Waals surface area contributed by atoms with Gasteiger partial charge >= 0.3 is 17.9 Å². The largest absolute Gasteiger partial charge is 0.494 e. The Morgan fingerprint density at radius 2 is 1.67 bits per heavy atom. The number of carbonyl (C=O) groups is 3. The van der Waals surface area contributed by atoms with Crippen LogP contribution in [0.1, 0.15) is 58.9 Å². The molecular formula is C31H26N2O9S. The van der Waals surface area contributed by atoms with Gasteiger partial charge in [0, 0.05) is 11.6 Å². The van der Waals surface area contributed by atoms with Gasteiger partial charge in [0.2, 0.25) is 0 Å². The van der Waals surface area contributed by atoms with E-state index in [-0.39, 0.29) is 44.9 Å². The number of aromatic nitrogens is 1. The lowest BCUT2D eigenvalue weighted by molar-refractivity contribution is -0.139. The number of allylic oxidation sites excluding steroid dienone is 1. The smallest absolute Gasteiger partial charge is 0.338 e. The zero-order chi connectivity index (χ0) is 30.8. The molecule has 2 N–H and O–H groups in total. The molecule has 2 aromatic heterocycles. The van der Waals surface area contributed by atoms with E-state index in [2.05, 4.69) is 4.99 Å². The quantitative estimate of drug-likeness (QED) is 0.272. The van der Waals surface area contributed by atoms with Crippen LogP contribution < -0.4 is 19.6 Å². The van der Waals surface area contributed by atoms with Gasteiger partial charge in [-0.1, -0.05) is 23.5 Å². The molecule has 0 fully saturated rings. The molecule has 11 nitrogen and oxygen atoms in total. The summed E-state index contributed by atoms with van der Waals surface area (Å²) in [6.07, 6.45) is 1.52. The van der Waals surface area contributed by atoms with Crippen LogP contribution in [0.25, 0.3) is 17.4 Å². The van der Waals surface area contributed by atoms with E-state index in [9.17, 15) is 29.4 Å². The molecule has 0 aliphatic carbocycles. The van der Waals surface area contributed by atoms with Crippen molar-refractivity contribution in [3.05, 3.63) is 108 Å². The first-order chi connectivity index (χ1) is 20.6. The van der Waals surface area contributed by atoms with Crippen LogP contribution in [-0.2, 0) is 9.53 Å². The third-order valence-electron chi connectivity index (χ3n) is 6.64. The SMILES string of the molecule is CCOC(=O)C1=C(C)N=c2s/c(=C\c3ccc(-c4cc(C(=O)O)cc(C(=O)O)c4)o3)c(=O)n2[C@H]1c1ccc(OCC)cc1. The van der Waals surface area contributed by atoms with Gasteiger partial charge in [-0.3, -0.25) is 9.36 Å². The summed E-state index contributed by atoms with van der Waals surface area (Å²) in [6.45, 7) is 5.91. The number of furan rings is 1. The molecule has 0 saturated carbocycles. The summed E-state index contributed by atoms with van der Waals surface area (Å²) in [5.74, 6) is -1.99. The molecule has 3 heterocycles. The van der Waals surface area contributed by atoms with Crippen LogP contribution in [0.15, 0.2) is 80.1 Å². The van der Waals surface area contributed by atoms with Crippen LogP contribution in [-0.4, -0.2) is 45.9 Å². The third kappa shape index (κ3) is 5.77. The minimum atomic E-state index is -1.28. The summed E-state index contributed by atoms with van der Waals surface area (Å²) in [4.78, 5) is 54.9. The van der Waals surface area contributed by atoms with Gasteiger partial charge in [0.25, 0.3) is 5.56 Å². The number of carboxylic acids is 2. The maximum absolute atomic E-state index is 13.8. The Hall–Kier alpha value is -5.23. The van der Waals surface area contributed by atoms with Gasteiger partial charge < -0.3 is 24.1 Å². The van der Waals surface area contributed by atoms with Crippen molar-refractivity contribution in [1.29, 1.82) is 0 Å². The molecule has 0 bridgehead atoms. The second kappa shape index (κ2) is 11.9. The minimum Gasteiger partial charge on any atom is -0.494 e. The zero-order valence-electron chi connectivity index (χ0n) is 23.3. The summed E-state index contributed by atoms with van der Waals surface area (Å²) < 4.78 is 18.5. The van der Waals surface area contributed by atoms with Gasteiger partial charge in [-0.05, 0) is 68.8 Å². The highest BCUT2D eigenvalue weighted by atomic mass is 32.1. The lowest BCUT2D eigenvalue weighted by Gasteiger charge is -2.24. The Labute approximate surface area is 248 Å². The molecule has 0 saturated heterocycles. The van der Waals surface area contributed by atoms with E-state index in [1.165, 1.54) is 22.8 Å². The fourth-order valence-corrected chi connectivity index (χ4v) is 5.78. The maximum Gasteiger partial charge on any atom is 0.338 e. The van der Waals surface area contributed by atoms with Crippen molar-refractivity contribution in [1.82, 2.24) is 4.57 Å². The number of aromatic carboxylic acids is 2. The average Bonchev–Trinajstić information content (AvgIpc) is 3.57. The maximum atomic E-state index is 13.8. The highest BCUT2D eigenvalue weighted by Gasteiger charge is 2.33. The number of rotatable bonds is 9. The number of carbonyl (C=O) groups excluding carboxylic acids is 1. The molecular weight excluding hydrogens is 576 g/mol. The Bertz CT molecular complexity index is 1930. The fourth-order valence-electron chi connectivity index (χ4n) is 4.75. The molecule has 1 aliphatic rings. The summed E-state index contributed by atoms with van der Waals surface area (Å²) in [5, 5.41) is 18.8. The molecule has 0 spiro atoms. The summed E-state index contributed by atoms with van der Waals surface area (Å²) >= 11 is 1.12. The number of nitrogens with zero attached hydrogens (tertiary/aromatic N) is 2. The van der Waals surface area contributed by atoms with E-state index in [4.69, 9.17) is 13.9 Å². The van der Waals surface area contributed by atoms with E-state index in [0.29, 0.717) is 28.4 Å². The van der Waals surface area contributed by atoms with Gasteiger partial charge in [0.05, 0.1) is 46.2 Å². The van der Waals surface area contributed by atoms with Crippen LogP contribution in [0.3, 0.4) is 0 Å². The molecule has 43 heavy (non-hydrogen) atoms. The van der Waals surface area contributed by atoms with Crippen molar-refractivity contribution in [3.8, 4) is 17.1 Å². The normalized spacial score (nSPS) is 14.7. The molecule has 4 aromatic rings. The highest BCUT2D eigenvalue weighted by molar-refractivity contribution is 7.07. The van der Waals surface area contributed by atoms with Crippen LogP contribution in [0, 0.1) is 0 Å². The average molecular weight is 603 g/mol. The van der Waals surface area contributed by atoms with Crippen molar-refractivity contribution in [2.75, 3.05) is 13.2 Å². The first-order valence-corrected chi connectivity index (χ1v) is 14.1. The second-order valence-electron chi connectivity index (χ2n) is 9.42. The third-order valence-corrected chi connectivity index (χ3v) is 7.62. The molecule has 220 valence electrons. The van der Waals surface area contributed by atoms with E-state index < -0.39 is 29.5 Å². The number of thiazole rings is 1. The second-order valence-corrected chi connectivity index (χ2v) is 10.4. The standard InChI is InChI=1S/C31H26N2O9S/c1-4-40-21-8-6-17(7-9-21)26-25(30(39)41-5-2)16(3)32-31-33(26)27(34)24(43-31)15-22-10-11-23(42-22)18-12-19(28(35)36)14-20(13-18)29(37)38/h6-15,26H,4-5H2,1-3H3,(H,35,36)(H,37,38)/b24-15-/t26-/m0/s1. The van der Waals surface area contributed by atoms with Crippen LogP contribution in [0.2, 0.25) is 0 Å². The van der Waals surface area contributed by atoms with E-state index in [1.807, 2.05) is 6.92 Å². The summed E-state index contributed by atoms with van der Waals surface area (Å²) in [6, 6.07) is 13.1. The fraction of sp³-hybridized carbons (Fsp3) is 0.194. The number of ether oxygens (including phenoxy) is 2. The number of hydrogen-bond acceptors (Lipinski definition) is 9. The van der Waals surface area contributed by atoms with Crippen molar-refractivity contribution < 1.29 is 38.5 Å². The molecule has 12 heteroatoms. The van der Waals surface area contributed by atoms with E-state index in [1.54, 1.807) is 50.2 Å². The molecule has 2 aromatic carbocycles. The highest BCUT2D eigenvalue weighted by Crippen LogP contribution is 2.32. The van der Waals surface area contributed by atoms with Crippen molar-refractivity contribution in [2.24, 2.45) is 4.99 Å². The molecule has 5 rings (SSSR count). The van der Waals surface area contributed by atoms with E-state index >= 15 is 0 Å². The lowest BCUT2D eigenvalue weighted by Crippen LogP contribution is -2.39. The number of esters is 1. The van der Waals surface area contributed by atoms with E-state index in [0.717, 1.165) is 17.4 Å². The van der Waals surface area contributed by atoms with Crippen molar-refractivity contribution in [2.45, 2.75) is 26.8 Å².